The third kappa shape index (κ3) is 7.15. The fourth-order valence-corrected chi connectivity index (χ4v) is 1.77. The Morgan fingerprint density at radius 1 is 1.30 bits per heavy atom. The van der Waals surface area contributed by atoms with Gasteiger partial charge in [-0.3, -0.25) is 9.59 Å². The highest BCUT2D eigenvalue weighted by atomic mass is 35.5. The lowest BCUT2D eigenvalue weighted by Gasteiger charge is -2.18. The van der Waals surface area contributed by atoms with Crippen LogP contribution in [-0.2, 0) is 4.79 Å². The monoisotopic (exact) mass is 339 g/mol. The molecule has 0 radical (unpaired) electrons. The van der Waals surface area contributed by atoms with E-state index >= 15 is 0 Å². The van der Waals surface area contributed by atoms with Crippen LogP contribution in [0.2, 0.25) is 5.02 Å². The number of nitrogens with zero attached hydrogens (tertiary/aromatic N) is 1. The Hall–Kier alpha value is -2.08. The molecular formula is C16H22ClN3O3. The van der Waals surface area contributed by atoms with Crippen LogP contribution in [0.4, 0.5) is 0 Å². The van der Waals surface area contributed by atoms with Gasteiger partial charge in [-0.05, 0) is 30.5 Å². The number of rotatable bonds is 5. The molecule has 126 valence electrons. The number of hydrogen-bond donors (Lipinski definition) is 3. The first kappa shape index (κ1) is 19.0. The summed E-state index contributed by atoms with van der Waals surface area (Å²) in [6, 6.07) is 4.14. The van der Waals surface area contributed by atoms with Crippen LogP contribution in [0.25, 0.3) is 0 Å². The number of benzene rings is 1. The average Bonchev–Trinajstić information content (AvgIpc) is 2.44. The Balaban J connectivity index is 2.57. The van der Waals surface area contributed by atoms with Gasteiger partial charge in [-0.25, -0.2) is 5.43 Å². The number of carbonyl (C=O) groups excluding carboxylic acids is 2. The number of aromatic hydroxyl groups is 1. The lowest BCUT2D eigenvalue weighted by Crippen LogP contribution is -2.33. The van der Waals surface area contributed by atoms with E-state index in [2.05, 4.69) is 15.8 Å². The van der Waals surface area contributed by atoms with Gasteiger partial charge >= 0.3 is 0 Å². The SMILES string of the molecule is C/C(CC(=O)NCC(C)(C)C)=N\NC(=O)c1cc(Cl)ccc1O. The number of hydrazone groups is 1. The van der Waals surface area contributed by atoms with Crippen LogP contribution in [0.3, 0.4) is 0 Å². The van der Waals surface area contributed by atoms with Crippen molar-refractivity contribution in [3.05, 3.63) is 28.8 Å². The van der Waals surface area contributed by atoms with Crippen molar-refractivity contribution < 1.29 is 14.7 Å². The van der Waals surface area contributed by atoms with E-state index in [-0.39, 0.29) is 29.1 Å². The maximum absolute atomic E-state index is 11.9. The van der Waals surface area contributed by atoms with Gasteiger partial charge in [-0.2, -0.15) is 5.10 Å². The van der Waals surface area contributed by atoms with Crippen LogP contribution < -0.4 is 10.7 Å². The molecule has 23 heavy (non-hydrogen) atoms. The van der Waals surface area contributed by atoms with Crippen LogP contribution in [0.1, 0.15) is 44.5 Å². The van der Waals surface area contributed by atoms with Crippen molar-refractivity contribution in [2.24, 2.45) is 10.5 Å². The van der Waals surface area contributed by atoms with Gasteiger partial charge in [-0.1, -0.05) is 32.4 Å². The maximum atomic E-state index is 11.9. The van der Waals surface area contributed by atoms with Gasteiger partial charge in [0, 0.05) is 17.3 Å². The van der Waals surface area contributed by atoms with Crippen molar-refractivity contribution in [3.63, 3.8) is 0 Å². The predicted molar refractivity (Wildman–Crippen MR) is 90.8 cm³/mol. The van der Waals surface area contributed by atoms with Crippen molar-refractivity contribution in [2.45, 2.75) is 34.1 Å². The Labute approximate surface area is 140 Å². The van der Waals surface area contributed by atoms with Gasteiger partial charge < -0.3 is 10.4 Å². The van der Waals surface area contributed by atoms with Crippen molar-refractivity contribution in [2.75, 3.05) is 6.54 Å². The second kappa shape index (κ2) is 7.97. The lowest BCUT2D eigenvalue weighted by atomic mass is 9.97. The van der Waals surface area contributed by atoms with Crippen molar-refractivity contribution >= 4 is 29.1 Å². The van der Waals surface area contributed by atoms with Gasteiger partial charge in [0.15, 0.2) is 0 Å². The van der Waals surface area contributed by atoms with E-state index in [4.69, 9.17) is 11.6 Å². The van der Waals surface area contributed by atoms with Crippen LogP contribution in [0.15, 0.2) is 23.3 Å². The molecule has 6 nitrogen and oxygen atoms in total. The first-order valence-electron chi connectivity index (χ1n) is 7.17. The summed E-state index contributed by atoms with van der Waals surface area (Å²) in [7, 11) is 0. The summed E-state index contributed by atoms with van der Waals surface area (Å²) in [4.78, 5) is 23.7. The lowest BCUT2D eigenvalue weighted by molar-refractivity contribution is -0.120. The summed E-state index contributed by atoms with van der Waals surface area (Å²) in [5.74, 6) is -0.955. The molecule has 0 aliphatic heterocycles. The number of phenolic OH excluding ortho intramolecular Hbond substituents is 1. The molecule has 7 heteroatoms. The van der Waals surface area contributed by atoms with Gasteiger partial charge in [0.05, 0.1) is 12.0 Å². The number of halogens is 1. The number of nitrogens with one attached hydrogen (secondary N) is 2. The average molecular weight is 340 g/mol. The van der Waals surface area contributed by atoms with E-state index in [0.717, 1.165) is 0 Å². The highest BCUT2D eigenvalue weighted by Crippen LogP contribution is 2.21. The normalized spacial score (nSPS) is 12.0. The topological polar surface area (TPSA) is 90.8 Å². The molecule has 0 unspecified atom stereocenters. The van der Waals surface area contributed by atoms with Crippen molar-refractivity contribution in [1.29, 1.82) is 0 Å². The van der Waals surface area contributed by atoms with Gasteiger partial charge in [0.1, 0.15) is 5.75 Å². The molecule has 0 saturated heterocycles. The highest BCUT2D eigenvalue weighted by molar-refractivity contribution is 6.31. The van der Waals surface area contributed by atoms with Crippen LogP contribution in [0, 0.1) is 5.41 Å². The van der Waals surface area contributed by atoms with E-state index in [9.17, 15) is 14.7 Å². The molecule has 0 fully saturated rings. The number of phenols is 1. The fraction of sp³-hybridized carbons (Fsp3) is 0.438. The predicted octanol–water partition coefficient (Wildman–Crippen LogP) is 2.70. The summed E-state index contributed by atoms with van der Waals surface area (Å²) in [6.07, 6.45) is 0.0812. The van der Waals surface area contributed by atoms with Crippen molar-refractivity contribution in [1.82, 2.24) is 10.7 Å². The summed E-state index contributed by atoms with van der Waals surface area (Å²) in [5.41, 5.74) is 2.76. The smallest absolute Gasteiger partial charge is 0.275 e. The second-order valence-electron chi connectivity index (χ2n) is 6.46. The molecule has 0 saturated carbocycles. The first-order chi connectivity index (χ1) is 10.6. The zero-order chi connectivity index (χ0) is 17.6. The Kier molecular flexibility index (Phi) is 6.57. The van der Waals surface area contributed by atoms with E-state index in [1.807, 2.05) is 20.8 Å². The summed E-state index contributed by atoms with van der Waals surface area (Å²) >= 11 is 5.78. The summed E-state index contributed by atoms with van der Waals surface area (Å²) < 4.78 is 0. The molecule has 2 amide bonds. The minimum absolute atomic E-state index is 0.000964. The minimum atomic E-state index is -0.598. The summed E-state index contributed by atoms with van der Waals surface area (Å²) in [6.45, 7) is 8.25. The van der Waals surface area contributed by atoms with E-state index in [0.29, 0.717) is 17.3 Å². The molecule has 0 atom stereocenters. The quantitative estimate of drug-likeness (QED) is 0.569. The fourth-order valence-electron chi connectivity index (χ4n) is 1.59. The standard InChI is InChI=1S/C16H22ClN3O3/c1-10(7-14(22)18-9-16(2,3)4)19-20-15(23)12-8-11(17)5-6-13(12)21/h5-6,8,21H,7,9H2,1-4H3,(H,18,22)(H,20,23)/b19-10+. The van der Waals surface area contributed by atoms with Crippen LogP contribution in [-0.4, -0.2) is 29.2 Å². The van der Waals surface area contributed by atoms with E-state index < -0.39 is 5.91 Å². The maximum Gasteiger partial charge on any atom is 0.275 e. The molecule has 1 aromatic carbocycles. The molecule has 0 bridgehead atoms. The first-order valence-corrected chi connectivity index (χ1v) is 7.55. The molecule has 0 aliphatic carbocycles. The molecule has 0 aliphatic rings. The Morgan fingerprint density at radius 3 is 2.57 bits per heavy atom. The van der Waals surface area contributed by atoms with Gasteiger partial charge in [-0.15, -0.1) is 0 Å². The van der Waals surface area contributed by atoms with Gasteiger partial charge in [0.25, 0.3) is 5.91 Å². The van der Waals surface area contributed by atoms with E-state index in [1.165, 1.54) is 18.2 Å². The van der Waals surface area contributed by atoms with Crippen molar-refractivity contribution in [3.8, 4) is 5.75 Å². The molecular weight excluding hydrogens is 318 g/mol. The molecule has 3 N–H and O–H groups in total. The Morgan fingerprint density at radius 2 is 1.96 bits per heavy atom. The third-order valence-corrected chi connectivity index (χ3v) is 3.02. The molecule has 0 spiro atoms. The van der Waals surface area contributed by atoms with Crippen LogP contribution >= 0.6 is 11.6 Å². The highest BCUT2D eigenvalue weighted by Gasteiger charge is 2.13. The largest absolute Gasteiger partial charge is 0.507 e. The zero-order valence-corrected chi connectivity index (χ0v) is 14.5. The molecule has 1 aromatic rings. The van der Waals surface area contributed by atoms with E-state index in [1.54, 1.807) is 6.92 Å². The third-order valence-electron chi connectivity index (χ3n) is 2.78. The number of amides is 2. The zero-order valence-electron chi connectivity index (χ0n) is 13.7. The molecule has 0 heterocycles. The molecule has 0 aromatic heterocycles. The second-order valence-corrected chi connectivity index (χ2v) is 6.90. The number of carbonyl (C=O) groups is 2. The molecule has 1 rings (SSSR count). The van der Waals surface area contributed by atoms with Crippen LogP contribution in [0.5, 0.6) is 5.75 Å². The Bertz CT molecular complexity index is 621. The minimum Gasteiger partial charge on any atom is -0.507 e. The van der Waals surface area contributed by atoms with Gasteiger partial charge in [0.2, 0.25) is 5.91 Å². The summed E-state index contributed by atoms with van der Waals surface area (Å²) in [5, 5.41) is 16.6. The number of hydrogen-bond acceptors (Lipinski definition) is 4.